The maximum Gasteiger partial charge on any atom is 0.341 e. The van der Waals surface area contributed by atoms with E-state index in [-0.39, 0.29) is 25.0 Å². The topological polar surface area (TPSA) is 90.6 Å². The average Bonchev–Trinajstić information content (AvgIpc) is 2.53. The lowest BCUT2D eigenvalue weighted by Crippen LogP contribution is -2.39. The number of carbonyl (C=O) groups is 2. The lowest BCUT2D eigenvalue weighted by Gasteiger charge is -2.37. The van der Waals surface area contributed by atoms with Gasteiger partial charge < -0.3 is 14.7 Å². The van der Waals surface area contributed by atoms with Crippen LogP contribution in [0, 0.1) is 11.3 Å². The number of benzene rings is 1. The number of fused-ring (bicyclic) bond motifs is 1. The predicted octanol–water partition coefficient (Wildman–Crippen LogP) is 2.29. The summed E-state index contributed by atoms with van der Waals surface area (Å²) in [5, 5.41) is 17.4. The third-order valence-electron chi connectivity index (χ3n) is 3.95. The standard InChI is InChI=1S/C17H20N2O4/c1-2-3-15-14-5-4-13(23-11-17(21)22)10-12(14)7-9-19(15)16(20)6-8-18/h4-5,10,15H,2-3,6-7,9,11H2,1H3,(H,21,22). The first kappa shape index (κ1) is 16.8. The van der Waals surface area contributed by atoms with Crippen LogP contribution in [0.1, 0.15) is 43.4 Å². The van der Waals surface area contributed by atoms with Gasteiger partial charge >= 0.3 is 5.97 Å². The normalized spacial score (nSPS) is 16.3. The fraction of sp³-hybridized carbons (Fsp3) is 0.471. The van der Waals surface area contributed by atoms with E-state index in [2.05, 4.69) is 6.92 Å². The number of rotatable bonds is 6. The van der Waals surface area contributed by atoms with Gasteiger partial charge in [0.1, 0.15) is 12.2 Å². The summed E-state index contributed by atoms with van der Waals surface area (Å²) in [6.07, 6.45) is 2.34. The van der Waals surface area contributed by atoms with Gasteiger partial charge in [-0.05, 0) is 36.1 Å². The van der Waals surface area contributed by atoms with Crippen molar-refractivity contribution in [3.05, 3.63) is 29.3 Å². The molecule has 1 aliphatic heterocycles. The van der Waals surface area contributed by atoms with Crippen molar-refractivity contribution in [3.8, 4) is 11.8 Å². The molecule has 1 N–H and O–H groups in total. The Hall–Kier alpha value is -2.55. The summed E-state index contributed by atoms with van der Waals surface area (Å²) in [5.74, 6) is -0.624. The molecule has 0 saturated heterocycles. The lowest BCUT2D eigenvalue weighted by atomic mass is 9.89. The lowest BCUT2D eigenvalue weighted by molar-refractivity contribution is -0.139. The molecule has 1 aromatic rings. The van der Waals surface area contributed by atoms with Gasteiger partial charge in [0, 0.05) is 6.54 Å². The fourth-order valence-electron chi connectivity index (χ4n) is 2.98. The van der Waals surface area contributed by atoms with Crippen LogP contribution in [0.4, 0.5) is 0 Å². The molecular formula is C17H20N2O4. The monoisotopic (exact) mass is 316 g/mol. The van der Waals surface area contributed by atoms with Crippen LogP contribution in [-0.2, 0) is 16.0 Å². The number of nitriles is 1. The quantitative estimate of drug-likeness (QED) is 0.869. The molecule has 0 bridgehead atoms. The zero-order valence-corrected chi connectivity index (χ0v) is 13.1. The van der Waals surface area contributed by atoms with Gasteiger partial charge in [0.2, 0.25) is 5.91 Å². The number of aliphatic carboxylic acids is 1. The number of carboxylic acids is 1. The Bertz CT molecular complexity index is 636. The Kier molecular flexibility index (Phi) is 5.58. The highest BCUT2D eigenvalue weighted by Crippen LogP contribution is 2.35. The van der Waals surface area contributed by atoms with Crippen molar-refractivity contribution in [2.75, 3.05) is 13.2 Å². The van der Waals surface area contributed by atoms with E-state index in [0.29, 0.717) is 18.7 Å². The van der Waals surface area contributed by atoms with Crippen LogP contribution < -0.4 is 4.74 Å². The van der Waals surface area contributed by atoms with E-state index in [1.54, 1.807) is 11.0 Å². The molecule has 0 saturated carbocycles. The summed E-state index contributed by atoms with van der Waals surface area (Å²) in [7, 11) is 0. The Morgan fingerprint density at radius 1 is 1.48 bits per heavy atom. The minimum atomic E-state index is -1.01. The van der Waals surface area contributed by atoms with Crippen molar-refractivity contribution in [1.82, 2.24) is 4.90 Å². The maximum absolute atomic E-state index is 12.2. The van der Waals surface area contributed by atoms with Gasteiger partial charge in [0.15, 0.2) is 6.61 Å². The first-order chi connectivity index (χ1) is 11.1. The molecule has 1 amide bonds. The molecular weight excluding hydrogens is 296 g/mol. The smallest absolute Gasteiger partial charge is 0.341 e. The number of hydrogen-bond acceptors (Lipinski definition) is 4. The second kappa shape index (κ2) is 7.63. The summed E-state index contributed by atoms with van der Waals surface area (Å²) in [6, 6.07) is 7.39. The van der Waals surface area contributed by atoms with Gasteiger partial charge in [-0.1, -0.05) is 19.4 Å². The Labute approximate surface area is 135 Å². The van der Waals surface area contributed by atoms with Crippen molar-refractivity contribution in [1.29, 1.82) is 5.26 Å². The van der Waals surface area contributed by atoms with Crippen molar-refractivity contribution >= 4 is 11.9 Å². The third-order valence-corrected chi connectivity index (χ3v) is 3.95. The number of carbonyl (C=O) groups excluding carboxylic acids is 1. The van der Waals surface area contributed by atoms with Crippen LogP contribution in [0.5, 0.6) is 5.75 Å². The summed E-state index contributed by atoms with van der Waals surface area (Å²) >= 11 is 0. The van der Waals surface area contributed by atoms with Gasteiger partial charge in [-0.2, -0.15) is 5.26 Å². The van der Waals surface area contributed by atoms with Crippen LogP contribution in [-0.4, -0.2) is 35.0 Å². The van der Waals surface area contributed by atoms with E-state index in [4.69, 9.17) is 15.1 Å². The zero-order chi connectivity index (χ0) is 16.8. The van der Waals surface area contributed by atoms with E-state index in [1.807, 2.05) is 18.2 Å². The summed E-state index contributed by atoms with van der Waals surface area (Å²) in [6.45, 7) is 2.26. The molecule has 1 aliphatic rings. The van der Waals surface area contributed by atoms with E-state index >= 15 is 0 Å². The van der Waals surface area contributed by atoms with Crippen molar-refractivity contribution in [2.45, 2.75) is 38.6 Å². The van der Waals surface area contributed by atoms with Crippen LogP contribution in [0.3, 0.4) is 0 Å². The van der Waals surface area contributed by atoms with Crippen molar-refractivity contribution in [2.24, 2.45) is 0 Å². The Balaban J connectivity index is 2.24. The molecule has 6 nitrogen and oxygen atoms in total. The van der Waals surface area contributed by atoms with Crippen molar-refractivity contribution < 1.29 is 19.4 Å². The first-order valence-electron chi connectivity index (χ1n) is 7.70. The number of carboxylic acid groups (broad SMARTS) is 1. The maximum atomic E-state index is 12.2. The van der Waals surface area contributed by atoms with E-state index in [9.17, 15) is 9.59 Å². The average molecular weight is 316 g/mol. The largest absolute Gasteiger partial charge is 0.482 e. The SMILES string of the molecule is CCCC1c2ccc(OCC(=O)O)cc2CCN1C(=O)CC#N. The molecule has 23 heavy (non-hydrogen) atoms. The fourth-order valence-corrected chi connectivity index (χ4v) is 2.98. The highest BCUT2D eigenvalue weighted by atomic mass is 16.5. The molecule has 1 aromatic carbocycles. The highest BCUT2D eigenvalue weighted by molar-refractivity contribution is 5.79. The second-order valence-corrected chi connectivity index (χ2v) is 5.52. The predicted molar refractivity (Wildman–Crippen MR) is 82.9 cm³/mol. The molecule has 6 heteroatoms. The highest BCUT2D eigenvalue weighted by Gasteiger charge is 2.30. The summed E-state index contributed by atoms with van der Waals surface area (Å²) in [4.78, 5) is 24.5. The number of amides is 1. The number of nitrogens with zero attached hydrogens (tertiary/aromatic N) is 2. The van der Waals surface area contributed by atoms with Crippen LogP contribution in [0.15, 0.2) is 18.2 Å². The minimum absolute atomic E-state index is 0.0295. The molecule has 0 fully saturated rings. The zero-order valence-electron chi connectivity index (χ0n) is 13.1. The third kappa shape index (κ3) is 4.01. The minimum Gasteiger partial charge on any atom is -0.482 e. The van der Waals surface area contributed by atoms with Gasteiger partial charge in [-0.25, -0.2) is 4.79 Å². The van der Waals surface area contributed by atoms with E-state index in [1.165, 1.54) is 0 Å². The van der Waals surface area contributed by atoms with Gasteiger partial charge in [0.05, 0.1) is 12.1 Å². The molecule has 1 unspecified atom stereocenters. The van der Waals surface area contributed by atoms with E-state index < -0.39 is 5.97 Å². The number of ether oxygens (including phenoxy) is 1. The van der Waals surface area contributed by atoms with E-state index in [0.717, 1.165) is 24.0 Å². The van der Waals surface area contributed by atoms with Crippen molar-refractivity contribution in [3.63, 3.8) is 0 Å². The number of hydrogen-bond donors (Lipinski definition) is 1. The Morgan fingerprint density at radius 3 is 2.91 bits per heavy atom. The van der Waals surface area contributed by atoms with Gasteiger partial charge in [0.25, 0.3) is 0 Å². The molecule has 0 aliphatic carbocycles. The molecule has 122 valence electrons. The van der Waals surface area contributed by atoms with Crippen LogP contribution in [0.25, 0.3) is 0 Å². The second-order valence-electron chi connectivity index (χ2n) is 5.52. The Morgan fingerprint density at radius 2 is 2.26 bits per heavy atom. The van der Waals surface area contributed by atoms with Gasteiger partial charge in [-0.15, -0.1) is 0 Å². The molecule has 0 aromatic heterocycles. The molecule has 1 heterocycles. The van der Waals surface area contributed by atoms with Gasteiger partial charge in [-0.3, -0.25) is 4.79 Å². The summed E-state index contributed by atoms with van der Waals surface area (Å²) in [5.41, 5.74) is 2.14. The first-order valence-corrected chi connectivity index (χ1v) is 7.70. The molecule has 0 radical (unpaired) electrons. The van der Waals surface area contributed by atoms with Crippen LogP contribution in [0.2, 0.25) is 0 Å². The molecule has 0 spiro atoms. The molecule has 1 atom stereocenters. The molecule has 2 rings (SSSR count). The van der Waals surface area contributed by atoms with Crippen LogP contribution >= 0.6 is 0 Å². The summed E-state index contributed by atoms with van der Waals surface area (Å²) < 4.78 is 5.22.